The molecule has 1 aliphatic carbocycles. The zero-order chi connectivity index (χ0) is 25.0. The molecule has 1 saturated carbocycles. The van der Waals surface area contributed by atoms with E-state index in [4.69, 9.17) is 15.1 Å². The van der Waals surface area contributed by atoms with Crippen molar-refractivity contribution >= 4 is 16.7 Å². The molecule has 3 aromatic rings. The minimum absolute atomic E-state index is 0.101. The smallest absolute Gasteiger partial charge is 0.139 e. The Morgan fingerprint density at radius 3 is 2.43 bits per heavy atom. The van der Waals surface area contributed by atoms with Crippen LogP contribution in [0, 0.1) is 11.8 Å². The summed E-state index contributed by atoms with van der Waals surface area (Å²) in [6.07, 6.45) is 8.82. The van der Waals surface area contributed by atoms with Gasteiger partial charge in [0, 0.05) is 44.9 Å². The number of aryl methyl sites for hydroxylation is 2. The Morgan fingerprint density at radius 2 is 1.74 bits per heavy atom. The molecule has 0 spiro atoms. The maximum atomic E-state index is 4.88. The Hall–Kier alpha value is -2.47. The molecular formula is C29H44N6. The van der Waals surface area contributed by atoms with Gasteiger partial charge in [-0.15, -0.1) is 0 Å². The van der Waals surface area contributed by atoms with Gasteiger partial charge in [-0.1, -0.05) is 52.2 Å². The van der Waals surface area contributed by atoms with Crippen molar-refractivity contribution in [2.75, 3.05) is 25.5 Å². The number of hydrogen-bond donors (Lipinski definition) is 1. The highest BCUT2D eigenvalue weighted by Crippen LogP contribution is 2.32. The summed E-state index contributed by atoms with van der Waals surface area (Å²) in [5.41, 5.74) is 3.60. The zero-order valence-corrected chi connectivity index (χ0v) is 22.6. The SMILES string of the molecule is CN(C)c1nc(CCCC2CCC(CNCc3cc(C(C)(C)C)nn3C)CC2)nc2ccccc12. The number of aromatic nitrogens is 4. The third-order valence-electron chi connectivity index (χ3n) is 7.52. The van der Waals surface area contributed by atoms with E-state index in [1.54, 1.807) is 0 Å². The van der Waals surface area contributed by atoms with Crippen molar-refractivity contribution in [1.29, 1.82) is 0 Å². The van der Waals surface area contributed by atoms with E-state index in [2.05, 4.69) is 82.5 Å². The van der Waals surface area contributed by atoms with Crippen LogP contribution in [0.15, 0.2) is 30.3 Å². The normalized spacial score (nSPS) is 18.8. The average Bonchev–Trinajstić information content (AvgIpc) is 3.20. The number of hydrogen-bond acceptors (Lipinski definition) is 5. The van der Waals surface area contributed by atoms with Crippen LogP contribution < -0.4 is 10.2 Å². The summed E-state index contributed by atoms with van der Waals surface area (Å²) >= 11 is 0. The molecule has 0 saturated heterocycles. The molecule has 1 fully saturated rings. The first kappa shape index (κ1) is 25.6. The number of anilines is 1. The lowest BCUT2D eigenvalue weighted by Gasteiger charge is -2.28. The maximum Gasteiger partial charge on any atom is 0.139 e. The fourth-order valence-electron chi connectivity index (χ4n) is 5.27. The lowest BCUT2D eigenvalue weighted by molar-refractivity contribution is 0.253. The van der Waals surface area contributed by atoms with E-state index in [0.717, 1.165) is 53.9 Å². The van der Waals surface area contributed by atoms with Crippen LogP contribution in [-0.4, -0.2) is 40.4 Å². The van der Waals surface area contributed by atoms with E-state index in [1.807, 2.05) is 4.68 Å². The Labute approximate surface area is 211 Å². The molecule has 2 heterocycles. The Morgan fingerprint density at radius 1 is 1.03 bits per heavy atom. The molecule has 0 amide bonds. The quantitative estimate of drug-likeness (QED) is 0.433. The Balaban J connectivity index is 1.19. The fraction of sp³-hybridized carbons (Fsp3) is 0.621. The van der Waals surface area contributed by atoms with Crippen molar-refractivity contribution in [1.82, 2.24) is 25.1 Å². The van der Waals surface area contributed by atoms with Gasteiger partial charge in [-0.2, -0.15) is 5.10 Å². The highest BCUT2D eigenvalue weighted by atomic mass is 15.3. The first-order chi connectivity index (χ1) is 16.7. The Kier molecular flexibility index (Phi) is 8.10. The van der Waals surface area contributed by atoms with Crippen molar-refractivity contribution in [2.24, 2.45) is 18.9 Å². The molecule has 0 bridgehead atoms. The van der Waals surface area contributed by atoms with Crippen LogP contribution in [0.25, 0.3) is 10.9 Å². The molecule has 6 nitrogen and oxygen atoms in total. The third kappa shape index (κ3) is 6.60. The van der Waals surface area contributed by atoms with Crippen LogP contribution in [0.4, 0.5) is 5.82 Å². The number of nitrogens with one attached hydrogen (secondary N) is 1. The van der Waals surface area contributed by atoms with Crippen molar-refractivity contribution in [3.8, 4) is 0 Å². The first-order valence-corrected chi connectivity index (χ1v) is 13.4. The van der Waals surface area contributed by atoms with Crippen LogP contribution in [0.5, 0.6) is 0 Å². The summed E-state index contributed by atoms with van der Waals surface area (Å²) in [6.45, 7) is 8.68. The molecule has 1 aliphatic rings. The molecule has 0 atom stereocenters. The standard InChI is InChI=1S/C29H44N6/c1-29(2,3)26-18-23(35(6)33-26)20-30-19-22-16-14-21(15-17-22)10-9-13-27-31-25-12-8-7-11-24(25)28(32-27)34(4)5/h7-8,11-12,18,21-22,30H,9-10,13-17,19-20H2,1-6H3. The number of nitrogens with zero attached hydrogens (tertiary/aromatic N) is 5. The molecular weight excluding hydrogens is 432 g/mol. The van der Waals surface area contributed by atoms with Crippen LogP contribution in [0.2, 0.25) is 0 Å². The summed E-state index contributed by atoms with van der Waals surface area (Å²) in [6, 6.07) is 10.6. The largest absolute Gasteiger partial charge is 0.362 e. The highest BCUT2D eigenvalue weighted by molar-refractivity contribution is 5.89. The van der Waals surface area contributed by atoms with Crippen molar-refractivity contribution < 1.29 is 0 Å². The van der Waals surface area contributed by atoms with Crippen LogP contribution in [-0.2, 0) is 25.4 Å². The van der Waals surface area contributed by atoms with E-state index in [1.165, 1.54) is 49.9 Å². The van der Waals surface area contributed by atoms with Crippen molar-refractivity contribution in [2.45, 2.75) is 77.7 Å². The molecule has 2 aromatic heterocycles. The predicted octanol–water partition coefficient (Wildman–Crippen LogP) is 5.65. The minimum Gasteiger partial charge on any atom is -0.362 e. The molecule has 4 rings (SSSR count). The maximum absolute atomic E-state index is 4.88. The first-order valence-electron chi connectivity index (χ1n) is 13.4. The van der Waals surface area contributed by atoms with Crippen molar-refractivity contribution in [3.05, 3.63) is 47.5 Å². The van der Waals surface area contributed by atoms with Gasteiger partial charge in [-0.3, -0.25) is 4.68 Å². The highest BCUT2D eigenvalue weighted by Gasteiger charge is 2.22. The molecule has 6 heteroatoms. The summed E-state index contributed by atoms with van der Waals surface area (Å²) < 4.78 is 2.03. The third-order valence-corrected chi connectivity index (χ3v) is 7.52. The molecule has 35 heavy (non-hydrogen) atoms. The van der Waals surface area contributed by atoms with E-state index < -0.39 is 0 Å². The van der Waals surface area contributed by atoms with E-state index in [0.29, 0.717) is 0 Å². The number of rotatable bonds is 9. The van der Waals surface area contributed by atoms with Gasteiger partial charge in [-0.05, 0) is 55.8 Å². The second kappa shape index (κ2) is 11.1. The second-order valence-electron chi connectivity index (χ2n) is 11.7. The minimum atomic E-state index is 0.101. The van der Waals surface area contributed by atoms with Crippen LogP contribution >= 0.6 is 0 Å². The molecule has 0 radical (unpaired) electrons. The number of para-hydroxylation sites is 1. The molecule has 1 aromatic carbocycles. The van der Waals surface area contributed by atoms with Gasteiger partial charge < -0.3 is 10.2 Å². The van der Waals surface area contributed by atoms with Crippen LogP contribution in [0.3, 0.4) is 0 Å². The number of benzene rings is 1. The van der Waals surface area contributed by atoms with E-state index in [-0.39, 0.29) is 5.41 Å². The molecule has 190 valence electrons. The Bertz CT molecular complexity index is 1100. The topological polar surface area (TPSA) is 58.9 Å². The molecule has 0 unspecified atom stereocenters. The van der Waals surface area contributed by atoms with Gasteiger partial charge in [-0.25, -0.2) is 9.97 Å². The zero-order valence-electron chi connectivity index (χ0n) is 22.6. The van der Waals surface area contributed by atoms with Gasteiger partial charge in [0.15, 0.2) is 0 Å². The van der Waals surface area contributed by atoms with Crippen LogP contribution in [0.1, 0.15) is 76.5 Å². The van der Waals surface area contributed by atoms with Gasteiger partial charge in [0.1, 0.15) is 11.6 Å². The fourth-order valence-corrected chi connectivity index (χ4v) is 5.27. The summed E-state index contributed by atoms with van der Waals surface area (Å²) in [4.78, 5) is 11.8. The summed E-state index contributed by atoms with van der Waals surface area (Å²) in [5.74, 6) is 3.66. The monoisotopic (exact) mass is 476 g/mol. The van der Waals surface area contributed by atoms with Gasteiger partial charge in [0.05, 0.1) is 16.9 Å². The predicted molar refractivity (Wildman–Crippen MR) is 146 cm³/mol. The number of fused-ring (bicyclic) bond motifs is 1. The molecule has 1 N–H and O–H groups in total. The second-order valence-corrected chi connectivity index (χ2v) is 11.7. The summed E-state index contributed by atoms with van der Waals surface area (Å²) in [7, 11) is 6.18. The molecule has 0 aliphatic heterocycles. The van der Waals surface area contributed by atoms with Gasteiger partial charge in [0.25, 0.3) is 0 Å². The summed E-state index contributed by atoms with van der Waals surface area (Å²) in [5, 5.41) is 9.54. The van der Waals surface area contributed by atoms with E-state index >= 15 is 0 Å². The van der Waals surface area contributed by atoms with E-state index in [9.17, 15) is 0 Å². The lowest BCUT2D eigenvalue weighted by Crippen LogP contribution is -2.27. The lowest BCUT2D eigenvalue weighted by atomic mass is 9.80. The van der Waals surface area contributed by atoms with Gasteiger partial charge >= 0.3 is 0 Å². The average molecular weight is 477 g/mol. The van der Waals surface area contributed by atoms with Crippen molar-refractivity contribution in [3.63, 3.8) is 0 Å². The van der Waals surface area contributed by atoms with Gasteiger partial charge in [0.2, 0.25) is 0 Å².